The summed E-state index contributed by atoms with van der Waals surface area (Å²) in [4.78, 5) is 12.8. The number of amides is 1. The molecule has 0 atom stereocenters. The van der Waals surface area contributed by atoms with E-state index in [4.69, 9.17) is 27.9 Å². The maximum absolute atomic E-state index is 13.5. The van der Waals surface area contributed by atoms with Gasteiger partial charge in [0, 0.05) is 28.1 Å². The Morgan fingerprint density at radius 2 is 1.60 bits per heavy atom. The lowest BCUT2D eigenvalue weighted by Gasteiger charge is -2.26. The molecule has 0 aliphatic heterocycles. The number of rotatable bonds is 12. The van der Waals surface area contributed by atoms with Crippen molar-refractivity contribution in [3.8, 4) is 5.75 Å². The number of para-hydroxylation sites is 2. The molecule has 0 aliphatic carbocycles. The summed E-state index contributed by atoms with van der Waals surface area (Å²) >= 11 is 13.5. The zero-order chi connectivity index (χ0) is 25.3. The lowest BCUT2D eigenvalue weighted by atomic mass is 10.2. The Kier molecular flexibility index (Phi) is 10.2. The van der Waals surface area contributed by atoms with Crippen molar-refractivity contribution < 1.29 is 17.9 Å². The summed E-state index contributed by atoms with van der Waals surface area (Å²) in [5.74, 6) is 1.42. The molecule has 3 rings (SSSR count). The van der Waals surface area contributed by atoms with Crippen LogP contribution in [0, 0.1) is 0 Å². The zero-order valence-corrected chi connectivity index (χ0v) is 22.3. The van der Waals surface area contributed by atoms with Gasteiger partial charge in [-0.1, -0.05) is 47.5 Å². The number of thioether (sulfide) groups is 1. The largest absolute Gasteiger partial charge is 0.492 e. The summed E-state index contributed by atoms with van der Waals surface area (Å²) < 4.78 is 33.8. The molecule has 3 aromatic rings. The number of carbonyl (C=O) groups is 1. The molecule has 1 amide bonds. The van der Waals surface area contributed by atoms with Crippen molar-refractivity contribution in [1.29, 1.82) is 0 Å². The fourth-order valence-electron chi connectivity index (χ4n) is 3.19. The highest BCUT2D eigenvalue weighted by Crippen LogP contribution is 2.32. The predicted molar refractivity (Wildman–Crippen MR) is 144 cm³/mol. The number of nitrogens with zero attached hydrogens (tertiary/aromatic N) is 1. The fraction of sp³-hybridized carbons (Fsp3) is 0.240. The van der Waals surface area contributed by atoms with Gasteiger partial charge in [-0.15, -0.1) is 0 Å². The number of nitrogens with one attached hydrogen (secondary N) is 1. The summed E-state index contributed by atoms with van der Waals surface area (Å²) in [5.41, 5.74) is 1.43. The fourth-order valence-corrected chi connectivity index (χ4v) is 5.70. The van der Waals surface area contributed by atoms with Crippen LogP contribution in [0.4, 0.5) is 5.69 Å². The Balaban J connectivity index is 1.70. The van der Waals surface area contributed by atoms with E-state index in [1.54, 1.807) is 36.0 Å². The van der Waals surface area contributed by atoms with Crippen molar-refractivity contribution in [3.63, 3.8) is 0 Å². The van der Waals surface area contributed by atoms with Crippen LogP contribution in [-0.2, 0) is 20.6 Å². The number of halogens is 2. The molecule has 0 radical (unpaired) electrons. The van der Waals surface area contributed by atoms with Crippen LogP contribution < -0.4 is 14.4 Å². The molecule has 0 aromatic heterocycles. The Morgan fingerprint density at radius 1 is 0.971 bits per heavy atom. The average Bonchev–Trinajstić information content (AvgIpc) is 2.84. The lowest BCUT2D eigenvalue weighted by Crippen LogP contribution is -2.41. The molecule has 186 valence electrons. The average molecular weight is 554 g/mol. The van der Waals surface area contributed by atoms with Crippen LogP contribution in [0.3, 0.4) is 0 Å². The molecule has 0 fully saturated rings. The van der Waals surface area contributed by atoms with E-state index < -0.39 is 22.5 Å². The van der Waals surface area contributed by atoms with Crippen LogP contribution in [0.1, 0.15) is 12.5 Å². The molecule has 0 aliphatic rings. The van der Waals surface area contributed by atoms with Gasteiger partial charge in [0.1, 0.15) is 12.3 Å². The van der Waals surface area contributed by atoms with Crippen molar-refractivity contribution in [2.45, 2.75) is 17.6 Å². The Hall–Kier alpha value is -2.39. The van der Waals surface area contributed by atoms with Gasteiger partial charge in [0.05, 0.1) is 17.2 Å². The topological polar surface area (TPSA) is 75.7 Å². The second-order valence-corrected chi connectivity index (χ2v) is 11.2. The monoisotopic (exact) mass is 552 g/mol. The molecule has 0 unspecified atom stereocenters. The summed E-state index contributed by atoms with van der Waals surface area (Å²) in [7, 11) is -4.06. The first-order valence-corrected chi connectivity index (χ1v) is 14.3. The van der Waals surface area contributed by atoms with Crippen molar-refractivity contribution in [2.24, 2.45) is 0 Å². The van der Waals surface area contributed by atoms with Gasteiger partial charge >= 0.3 is 0 Å². The first-order chi connectivity index (χ1) is 16.8. The lowest BCUT2D eigenvalue weighted by molar-refractivity contribution is -0.119. The predicted octanol–water partition coefficient (Wildman–Crippen LogP) is 5.64. The molecule has 0 saturated carbocycles. The third-order valence-electron chi connectivity index (χ3n) is 4.87. The summed E-state index contributed by atoms with van der Waals surface area (Å²) in [6.07, 6.45) is 0. The highest BCUT2D eigenvalue weighted by molar-refractivity contribution is 7.98. The normalized spacial score (nSPS) is 11.2. The van der Waals surface area contributed by atoms with Crippen LogP contribution in [0.5, 0.6) is 5.75 Å². The smallest absolute Gasteiger partial charge is 0.264 e. The number of ether oxygens (including phenoxy) is 1. The standard InChI is InChI=1S/C25H26Cl2N2O4S2/c1-2-33-24-6-4-3-5-23(24)29(35(31,32)22-13-11-21(27)12-14-22)17-25(30)28-15-16-34-18-19-7-9-20(26)10-8-19/h3-14H,2,15-18H2,1H3,(H,28,30). The summed E-state index contributed by atoms with van der Waals surface area (Å²) in [5, 5.41) is 3.92. The molecular weight excluding hydrogens is 527 g/mol. The van der Waals surface area contributed by atoms with Crippen molar-refractivity contribution in [1.82, 2.24) is 5.32 Å². The van der Waals surface area contributed by atoms with E-state index in [0.29, 0.717) is 34.7 Å². The van der Waals surface area contributed by atoms with Crippen LogP contribution in [-0.4, -0.2) is 39.8 Å². The maximum Gasteiger partial charge on any atom is 0.264 e. The number of benzene rings is 3. The van der Waals surface area contributed by atoms with Gasteiger partial charge in [0.15, 0.2) is 0 Å². The third-order valence-corrected chi connectivity index (χ3v) is 8.18. The Bertz CT molecular complexity index is 1220. The molecule has 6 nitrogen and oxygen atoms in total. The first-order valence-electron chi connectivity index (χ1n) is 10.9. The van der Waals surface area contributed by atoms with E-state index in [2.05, 4.69) is 5.32 Å². The molecule has 0 heterocycles. The second-order valence-electron chi connectivity index (χ2n) is 7.40. The first kappa shape index (κ1) is 27.2. The van der Waals surface area contributed by atoms with E-state index >= 15 is 0 Å². The molecule has 10 heteroatoms. The number of hydrogen-bond acceptors (Lipinski definition) is 5. The van der Waals surface area contributed by atoms with Crippen molar-refractivity contribution in [2.75, 3.05) is 29.8 Å². The SMILES string of the molecule is CCOc1ccccc1N(CC(=O)NCCSCc1ccc(Cl)cc1)S(=O)(=O)c1ccc(Cl)cc1. The van der Waals surface area contributed by atoms with E-state index in [9.17, 15) is 13.2 Å². The highest BCUT2D eigenvalue weighted by Gasteiger charge is 2.29. The number of hydrogen-bond donors (Lipinski definition) is 1. The van der Waals surface area contributed by atoms with Gasteiger partial charge in [-0.3, -0.25) is 9.10 Å². The quantitative estimate of drug-likeness (QED) is 0.294. The molecule has 0 saturated heterocycles. The molecule has 0 spiro atoms. The van der Waals surface area contributed by atoms with Gasteiger partial charge < -0.3 is 10.1 Å². The minimum atomic E-state index is -4.06. The van der Waals surface area contributed by atoms with E-state index in [1.165, 1.54) is 24.3 Å². The van der Waals surface area contributed by atoms with Crippen LogP contribution in [0.2, 0.25) is 10.0 Å². The molecule has 0 bridgehead atoms. The number of carbonyl (C=O) groups excluding carboxylic acids is 1. The van der Waals surface area contributed by atoms with Gasteiger partial charge in [0.2, 0.25) is 5.91 Å². The minimum Gasteiger partial charge on any atom is -0.492 e. The highest BCUT2D eigenvalue weighted by atomic mass is 35.5. The molecule has 3 aromatic carbocycles. The summed E-state index contributed by atoms with van der Waals surface area (Å²) in [6.45, 7) is 2.17. The van der Waals surface area contributed by atoms with Crippen LogP contribution in [0.15, 0.2) is 77.7 Å². The molecule has 1 N–H and O–H groups in total. The second kappa shape index (κ2) is 13.1. The number of sulfonamides is 1. The van der Waals surface area contributed by atoms with Gasteiger partial charge in [-0.2, -0.15) is 11.8 Å². The van der Waals surface area contributed by atoms with Crippen LogP contribution >= 0.6 is 35.0 Å². The van der Waals surface area contributed by atoms with Gasteiger partial charge in [0.25, 0.3) is 10.0 Å². The van der Waals surface area contributed by atoms with E-state index in [0.717, 1.165) is 15.6 Å². The van der Waals surface area contributed by atoms with Gasteiger partial charge in [-0.05, 0) is 61.0 Å². The van der Waals surface area contributed by atoms with E-state index in [-0.39, 0.29) is 10.6 Å². The summed E-state index contributed by atoms with van der Waals surface area (Å²) in [6, 6.07) is 20.2. The molecule has 35 heavy (non-hydrogen) atoms. The Labute approximate surface area is 220 Å². The number of anilines is 1. The van der Waals surface area contributed by atoms with Crippen molar-refractivity contribution in [3.05, 3.63) is 88.4 Å². The zero-order valence-electron chi connectivity index (χ0n) is 19.1. The van der Waals surface area contributed by atoms with Crippen LogP contribution in [0.25, 0.3) is 0 Å². The Morgan fingerprint density at radius 3 is 2.26 bits per heavy atom. The van der Waals surface area contributed by atoms with Gasteiger partial charge in [-0.25, -0.2) is 8.42 Å². The third kappa shape index (κ3) is 7.80. The van der Waals surface area contributed by atoms with E-state index in [1.807, 2.05) is 31.2 Å². The molecular formula is C25H26Cl2N2O4S2. The maximum atomic E-state index is 13.5. The van der Waals surface area contributed by atoms with Crippen molar-refractivity contribution >= 4 is 56.6 Å². The minimum absolute atomic E-state index is 0.0273.